The van der Waals surface area contributed by atoms with E-state index in [4.69, 9.17) is 11.6 Å². The van der Waals surface area contributed by atoms with Crippen molar-refractivity contribution in [2.45, 2.75) is 19.9 Å². The minimum atomic E-state index is 0.493. The molecule has 1 aliphatic heterocycles. The molecule has 1 aliphatic rings. The molecule has 0 radical (unpaired) electrons. The second kappa shape index (κ2) is 6.25. The molecule has 6 nitrogen and oxygen atoms in total. The van der Waals surface area contributed by atoms with Crippen LogP contribution in [-0.2, 0) is 13.6 Å². The van der Waals surface area contributed by atoms with Crippen LogP contribution in [0.3, 0.4) is 0 Å². The second-order valence-electron chi connectivity index (χ2n) is 5.55. The third-order valence-electron chi connectivity index (χ3n) is 3.96. The van der Waals surface area contributed by atoms with E-state index in [2.05, 4.69) is 31.8 Å². The lowest BCUT2D eigenvalue weighted by Crippen LogP contribution is -2.46. The van der Waals surface area contributed by atoms with E-state index in [9.17, 15) is 0 Å². The smallest absolute Gasteiger partial charge is 0.162 e. The number of aryl methyl sites for hydroxylation is 1. The first kappa shape index (κ1) is 14.7. The summed E-state index contributed by atoms with van der Waals surface area (Å²) in [5, 5.41) is 5.49. The zero-order valence-electron chi connectivity index (χ0n) is 12.6. The summed E-state index contributed by atoms with van der Waals surface area (Å²) >= 11 is 6.23. The quantitative estimate of drug-likeness (QED) is 0.802. The molecule has 0 aromatic carbocycles. The summed E-state index contributed by atoms with van der Waals surface area (Å²) in [6, 6.07) is 0. The summed E-state index contributed by atoms with van der Waals surface area (Å²) < 4.78 is 1.74. The molecule has 0 aliphatic carbocycles. The van der Waals surface area contributed by atoms with Crippen LogP contribution in [0.5, 0.6) is 0 Å². The molecule has 2 aromatic rings. The van der Waals surface area contributed by atoms with Crippen molar-refractivity contribution in [1.29, 1.82) is 0 Å². The molecule has 0 atom stereocenters. The molecule has 1 saturated heterocycles. The van der Waals surface area contributed by atoms with E-state index in [1.54, 1.807) is 10.9 Å². The average molecular weight is 309 g/mol. The van der Waals surface area contributed by atoms with Crippen LogP contribution >= 0.6 is 11.6 Å². The minimum absolute atomic E-state index is 0.493. The molecule has 0 bridgehead atoms. The fourth-order valence-electron chi connectivity index (χ4n) is 2.79. The number of hydrogen-bond donors (Lipinski definition) is 0. The highest BCUT2D eigenvalue weighted by molar-refractivity contribution is 6.33. The number of fused-ring (bicyclic) bond motifs is 1. The van der Waals surface area contributed by atoms with E-state index < -0.39 is 0 Å². The Morgan fingerprint density at radius 3 is 2.57 bits per heavy atom. The van der Waals surface area contributed by atoms with Crippen molar-refractivity contribution in [3.63, 3.8) is 0 Å². The molecule has 0 amide bonds. The molecule has 0 unspecified atom stereocenters. The van der Waals surface area contributed by atoms with E-state index in [0.717, 1.165) is 49.6 Å². The van der Waals surface area contributed by atoms with Crippen LogP contribution in [0.1, 0.15) is 19.2 Å². The fraction of sp³-hybridized carbons (Fsp3) is 0.643. The van der Waals surface area contributed by atoms with Gasteiger partial charge >= 0.3 is 0 Å². The second-order valence-corrected chi connectivity index (χ2v) is 5.91. The number of piperazine rings is 1. The van der Waals surface area contributed by atoms with Gasteiger partial charge < -0.3 is 4.90 Å². The monoisotopic (exact) mass is 308 g/mol. The third-order valence-corrected chi connectivity index (χ3v) is 4.25. The standard InChI is InChI=1S/C14H21ClN6/c1-3-4-20-5-7-21(8-6-20)10-12-17-13(15)11-9-16-19(2)14(11)18-12/h9H,3-8,10H2,1-2H3. The van der Waals surface area contributed by atoms with Crippen LogP contribution in [0, 0.1) is 0 Å². The Kier molecular flexibility index (Phi) is 4.37. The topological polar surface area (TPSA) is 50.1 Å². The predicted octanol–water partition coefficient (Wildman–Crippen LogP) is 1.54. The van der Waals surface area contributed by atoms with E-state index in [-0.39, 0.29) is 0 Å². The zero-order chi connectivity index (χ0) is 14.8. The Bertz CT molecular complexity index is 617. The first-order chi connectivity index (χ1) is 10.2. The van der Waals surface area contributed by atoms with Crippen molar-refractivity contribution in [3.05, 3.63) is 17.2 Å². The summed E-state index contributed by atoms with van der Waals surface area (Å²) in [4.78, 5) is 13.9. The van der Waals surface area contributed by atoms with Gasteiger partial charge in [-0.15, -0.1) is 0 Å². The molecule has 3 rings (SSSR count). The number of halogens is 1. The van der Waals surface area contributed by atoms with Gasteiger partial charge in [-0.3, -0.25) is 9.58 Å². The summed E-state index contributed by atoms with van der Waals surface area (Å²) in [6.07, 6.45) is 2.93. The molecular formula is C14H21ClN6. The summed E-state index contributed by atoms with van der Waals surface area (Å²) in [7, 11) is 1.87. The van der Waals surface area contributed by atoms with Crippen LogP contribution in [0.2, 0.25) is 5.15 Å². The molecule has 1 fully saturated rings. The van der Waals surface area contributed by atoms with Gasteiger partial charge in [-0.2, -0.15) is 5.10 Å². The maximum Gasteiger partial charge on any atom is 0.162 e. The lowest BCUT2D eigenvalue weighted by Gasteiger charge is -2.34. The fourth-order valence-corrected chi connectivity index (χ4v) is 3.02. The van der Waals surface area contributed by atoms with Gasteiger partial charge in [0, 0.05) is 33.2 Å². The summed E-state index contributed by atoms with van der Waals surface area (Å²) in [5.74, 6) is 0.778. The largest absolute Gasteiger partial charge is 0.301 e. The number of aromatic nitrogens is 4. The van der Waals surface area contributed by atoms with Crippen molar-refractivity contribution in [2.75, 3.05) is 32.7 Å². The van der Waals surface area contributed by atoms with Crippen LogP contribution in [-0.4, -0.2) is 62.3 Å². The van der Waals surface area contributed by atoms with Gasteiger partial charge in [0.15, 0.2) is 5.65 Å². The average Bonchev–Trinajstić information content (AvgIpc) is 2.84. The molecule has 2 aromatic heterocycles. The lowest BCUT2D eigenvalue weighted by atomic mass is 10.3. The minimum Gasteiger partial charge on any atom is -0.301 e. The van der Waals surface area contributed by atoms with Crippen LogP contribution < -0.4 is 0 Å². The van der Waals surface area contributed by atoms with Gasteiger partial charge in [0.05, 0.1) is 18.1 Å². The van der Waals surface area contributed by atoms with Crippen molar-refractivity contribution < 1.29 is 0 Å². The highest BCUT2D eigenvalue weighted by atomic mass is 35.5. The Balaban J connectivity index is 1.69. The first-order valence-electron chi connectivity index (χ1n) is 7.46. The number of rotatable bonds is 4. The number of nitrogens with zero attached hydrogens (tertiary/aromatic N) is 6. The number of hydrogen-bond acceptors (Lipinski definition) is 5. The van der Waals surface area contributed by atoms with E-state index >= 15 is 0 Å². The third kappa shape index (κ3) is 3.17. The van der Waals surface area contributed by atoms with Gasteiger partial charge in [0.1, 0.15) is 11.0 Å². The van der Waals surface area contributed by atoms with Gasteiger partial charge in [-0.05, 0) is 13.0 Å². The Morgan fingerprint density at radius 2 is 1.86 bits per heavy atom. The molecule has 0 spiro atoms. The Hall–Kier alpha value is -1.24. The molecule has 3 heterocycles. The van der Waals surface area contributed by atoms with Crippen molar-refractivity contribution in [3.8, 4) is 0 Å². The van der Waals surface area contributed by atoms with Crippen molar-refractivity contribution in [2.24, 2.45) is 7.05 Å². The van der Waals surface area contributed by atoms with Gasteiger partial charge in [-0.1, -0.05) is 18.5 Å². The molecule has 0 N–H and O–H groups in total. The SMILES string of the molecule is CCCN1CCN(Cc2nc(Cl)c3cnn(C)c3n2)CC1. The molecule has 114 valence electrons. The highest BCUT2D eigenvalue weighted by Crippen LogP contribution is 2.20. The van der Waals surface area contributed by atoms with Gasteiger partial charge in [0.25, 0.3) is 0 Å². The van der Waals surface area contributed by atoms with Crippen molar-refractivity contribution in [1.82, 2.24) is 29.5 Å². The molecule has 21 heavy (non-hydrogen) atoms. The highest BCUT2D eigenvalue weighted by Gasteiger charge is 2.18. The van der Waals surface area contributed by atoms with Crippen LogP contribution in [0.25, 0.3) is 11.0 Å². The van der Waals surface area contributed by atoms with E-state index in [1.807, 2.05) is 7.05 Å². The normalized spacial score (nSPS) is 17.7. The van der Waals surface area contributed by atoms with Gasteiger partial charge in [-0.25, -0.2) is 9.97 Å². The van der Waals surface area contributed by atoms with E-state index in [0.29, 0.717) is 5.15 Å². The van der Waals surface area contributed by atoms with Gasteiger partial charge in [0.2, 0.25) is 0 Å². The summed E-state index contributed by atoms with van der Waals surface area (Å²) in [6.45, 7) is 8.53. The van der Waals surface area contributed by atoms with E-state index in [1.165, 1.54) is 13.0 Å². The Labute approximate surface area is 129 Å². The maximum absolute atomic E-state index is 6.23. The molecular weight excluding hydrogens is 288 g/mol. The molecule has 7 heteroatoms. The zero-order valence-corrected chi connectivity index (χ0v) is 13.3. The van der Waals surface area contributed by atoms with Crippen LogP contribution in [0.4, 0.5) is 0 Å². The maximum atomic E-state index is 6.23. The first-order valence-corrected chi connectivity index (χ1v) is 7.84. The Morgan fingerprint density at radius 1 is 1.14 bits per heavy atom. The lowest BCUT2D eigenvalue weighted by molar-refractivity contribution is 0.125. The van der Waals surface area contributed by atoms with Crippen molar-refractivity contribution >= 4 is 22.6 Å². The predicted molar refractivity (Wildman–Crippen MR) is 83.3 cm³/mol. The summed E-state index contributed by atoms with van der Waals surface area (Å²) in [5.41, 5.74) is 0.801. The van der Waals surface area contributed by atoms with Crippen LogP contribution in [0.15, 0.2) is 6.20 Å². The molecule has 0 saturated carbocycles.